The lowest BCUT2D eigenvalue weighted by molar-refractivity contribution is -0.142. The largest absolute Gasteiger partial charge is 0.348 e. The third-order valence-corrected chi connectivity index (χ3v) is 7.31. The summed E-state index contributed by atoms with van der Waals surface area (Å²) in [6.45, 7) is 1.30. The van der Waals surface area contributed by atoms with Crippen molar-refractivity contribution in [1.29, 1.82) is 0 Å². The number of rotatable bonds is 3. The number of carbonyl (C=O) groups excluding carboxylic acids is 2. The van der Waals surface area contributed by atoms with Crippen LogP contribution in [0.3, 0.4) is 0 Å². The van der Waals surface area contributed by atoms with Gasteiger partial charge in [0.25, 0.3) is 0 Å². The van der Waals surface area contributed by atoms with E-state index in [4.69, 9.17) is 0 Å². The van der Waals surface area contributed by atoms with Crippen molar-refractivity contribution in [3.63, 3.8) is 0 Å². The molecule has 8 heteroatoms. The van der Waals surface area contributed by atoms with Gasteiger partial charge in [-0.3, -0.25) is 14.5 Å². The van der Waals surface area contributed by atoms with E-state index in [0.717, 1.165) is 25.7 Å². The van der Waals surface area contributed by atoms with E-state index in [1.807, 2.05) is 9.80 Å². The zero-order valence-electron chi connectivity index (χ0n) is 14.5. The minimum Gasteiger partial charge on any atom is -0.348 e. The number of hydrogen-bond donors (Lipinski definition) is 0. The molecular weight excluding hydrogens is 330 g/mol. The first kappa shape index (κ1) is 17.7. The van der Waals surface area contributed by atoms with Crippen LogP contribution in [0.15, 0.2) is 0 Å². The smallest absolute Gasteiger partial charge is 0.236 e. The molecule has 3 rings (SSSR count). The topological polar surface area (TPSA) is 78.0 Å². The van der Waals surface area contributed by atoms with Crippen LogP contribution in [-0.2, 0) is 19.4 Å². The quantitative estimate of drug-likeness (QED) is 0.685. The molecule has 0 radical (unpaired) electrons. The second kappa shape index (κ2) is 6.63. The zero-order valence-corrected chi connectivity index (χ0v) is 15.3. The van der Waals surface area contributed by atoms with Gasteiger partial charge in [0.15, 0.2) is 9.84 Å². The maximum Gasteiger partial charge on any atom is 0.236 e. The Morgan fingerprint density at radius 2 is 1.67 bits per heavy atom. The molecule has 24 heavy (non-hydrogen) atoms. The highest BCUT2D eigenvalue weighted by Gasteiger charge is 2.49. The first-order valence-electron chi connectivity index (χ1n) is 8.73. The van der Waals surface area contributed by atoms with E-state index >= 15 is 0 Å². The Kier molecular flexibility index (Phi) is 4.88. The van der Waals surface area contributed by atoms with Crippen LogP contribution in [0.25, 0.3) is 0 Å². The van der Waals surface area contributed by atoms with Crippen LogP contribution in [0.5, 0.6) is 0 Å². The maximum atomic E-state index is 12.8. The molecule has 0 N–H and O–H groups in total. The Bertz CT molecular complexity index is 613. The van der Waals surface area contributed by atoms with Crippen molar-refractivity contribution in [2.24, 2.45) is 5.92 Å². The second-order valence-electron chi connectivity index (χ2n) is 7.48. The molecule has 0 bridgehead atoms. The summed E-state index contributed by atoms with van der Waals surface area (Å²) in [7, 11) is 0.231. The number of fused-ring (bicyclic) bond motifs is 1. The second-order valence-corrected chi connectivity index (χ2v) is 9.64. The van der Waals surface area contributed by atoms with Crippen LogP contribution in [0.1, 0.15) is 25.7 Å². The van der Waals surface area contributed by atoms with Gasteiger partial charge in [-0.1, -0.05) is 12.8 Å². The monoisotopic (exact) mass is 357 g/mol. The Hall–Kier alpha value is -1.15. The minimum absolute atomic E-state index is 0.0305. The number of piperazine rings is 1. The lowest BCUT2D eigenvalue weighted by Crippen LogP contribution is -2.62. The number of likely N-dealkylation sites (N-methyl/N-ethyl adjacent to an activating group) is 1. The van der Waals surface area contributed by atoms with Crippen LogP contribution >= 0.6 is 0 Å². The summed E-state index contributed by atoms with van der Waals surface area (Å²) in [6, 6.07) is -0.551. The average molecular weight is 357 g/mol. The predicted octanol–water partition coefficient (Wildman–Crippen LogP) is -0.425. The number of sulfone groups is 1. The van der Waals surface area contributed by atoms with E-state index in [0.29, 0.717) is 13.1 Å². The van der Waals surface area contributed by atoms with Crippen molar-refractivity contribution in [3.05, 3.63) is 0 Å². The maximum absolute atomic E-state index is 12.8. The fraction of sp³-hybridized carbons (Fsp3) is 0.875. The molecule has 0 aromatic rings. The molecule has 0 spiro atoms. The molecule has 2 heterocycles. The SMILES string of the molecule is CN(C)C(=O)CN1CCN(C(=O)C2CCCC2)[C@@H]2CS(=O)(=O)C[C@@H]21. The molecule has 136 valence electrons. The molecule has 0 unspecified atom stereocenters. The van der Waals surface area contributed by atoms with Crippen LogP contribution in [0.2, 0.25) is 0 Å². The highest BCUT2D eigenvalue weighted by molar-refractivity contribution is 7.91. The molecule has 2 atom stereocenters. The van der Waals surface area contributed by atoms with Gasteiger partial charge in [0.05, 0.1) is 24.1 Å². The van der Waals surface area contributed by atoms with Crippen molar-refractivity contribution >= 4 is 21.7 Å². The number of amides is 2. The fourth-order valence-electron chi connectivity index (χ4n) is 4.22. The normalized spacial score (nSPS) is 30.3. The van der Waals surface area contributed by atoms with Crippen molar-refractivity contribution in [1.82, 2.24) is 14.7 Å². The third kappa shape index (κ3) is 3.44. The minimum atomic E-state index is -3.17. The Labute approximate surface area is 143 Å². The van der Waals surface area contributed by atoms with Gasteiger partial charge in [-0.2, -0.15) is 0 Å². The number of carbonyl (C=O) groups is 2. The molecule has 3 fully saturated rings. The highest BCUT2D eigenvalue weighted by atomic mass is 32.2. The predicted molar refractivity (Wildman–Crippen MR) is 90.2 cm³/mol. The van der Waals surface area contributed by atoms with Gasteiger partial charge >= 0.3 is 0 Å². The van der Waals surface area contributed by atoms with E-state index in [-0.39, 0.29) is 47.9 Å². The zero-order chi connectivity index (χ0) is 17.5. The highest BCUT2D eigenvalue weighted by Crippen LogP contribution is 2.32. The summed E-state index contributed by atoms with van der Waals surface area (Å²) in [6.07, 6.45) is 4.00. The molecule has 1 aliphatic carbocycles. The van der Waals surface area contributed by atoms with Crippen molar-refractivity contribution < 1.29 is 18.0 Å². The summed E-state index contributed by atoms with van der Waals surface area (Å²) in [5.74, 6) is 0.228. The number of nitrogens with zero attached hydrogens (tertiary/aromatic N) is 3. The molecule has 1 saturated carbocycles. The van der Waals surface area contributed by atoms with Crippen LogP contribution in [0, 0.1) is 5.92 Å². The average Bonchev–Trinajstić information content (AvgIpc) is 3.13. The van der Waals surface area contributed by atoms with Gasteiger partial charge in [-0.25, -0.2) is 8.42 Å². The van der Waals surface area contributed by atoms with Crippen molar-refractivity contribution in [3.8, 4) is 0 Å². The first-order valence-corrected chi connectivity index (χ1v) is 10.6. The summed E-state index contributed by atoms with van der Waals surface area (Å²) < 4.78 is 24.4. The van der Waals surface area contributed by atoms with E-state index in [1.165, 1.54) is 4.90 Å². The Balaban J connectivity index is 1.77. The summed E-state index contributed by atoms with van der Waals surface area (Å²) in [5.41, 5.74) is 0. The van der Waals surface area contributed by atoms with Crippen molar-refractivity contribution in [2.45, 2.75) is 37.8 Å². The first-order chi connectivity index (χ1) is 11.3. The van der Waals surface area contributed by atoms with Gasteiger partial charge in [-0.15, -0.1) is 0 Å². The third-order valence-electron chi connectivity index (χ3n) is 5.62. The van der Waals surface area contributed by atoms with E-state index in [9.17, 15) is 18.0 Å². The van der Waals surface area contributed by atoms with E-state index < -0.39 is 9.84 Å². The molecule has 3 aliphatic rings. The fourth-order valence-corrected chi connectivity index (χ4v) is 6.23. The summed E-state index contributed by atoms with van der Waals surface area (Å²) >= 11 is 0. The summed E-state index contributed by atoms with van der Waals surface area (Å²) in [5, 5.41) is 0. The van der Waals surface area contributed by atoms with Gasteiger partial charge in [0, 0.05) is 39.1 Å². The molecule has 2 saturated heterocycles. The Morgan fingerprint density at radius 3 is 2.29 bits per heavy atom. The molecule has 2 aliphatic heterocycles. The molecule has 0 aromatic heterocycles. The van der Waals surface area contributed by atoms with Crippen LogP contribution < -0.4 is 0 Å². The summed E-state index contributed by atoms with van der Waals surface area (Å²) in [4.78, 5) is 30.2. The van der Waals surface area contributed by atoms with Gasteiger partial charge in [0.1, 0.15) is 0 Å². The Morgan fingerprint density at radius 1 is 1.04 bits per heavy atom. The molecular formula is C16H27N3O4S. The van der Waals surface area contributed by atoms with Crippen molar-refractivity contribution in [2.75, 3.05) is 45.2 Å². The lowest BCUT2D eigenvalue weighted by Gasteiger charge is -2.44. The van der Waals surface area contributed by atoms with E-state index in [2.05, 4.69) is 0 Å². The van der Waals surface area contributed by atoms with E-state index in [1.54, 1.807) is 14.1 Å². The van der Waals surface area contributed by atoms with Gasteiger partial charge in [0.2, 0.25) is 11.8 Å². The van der Waals surface area contributed by atoms with Crippen LogP contribution in [-0.4, -0.2) is 92.3 Å². The van der Waals surface area contributed by atoms with Gasteiger partial charge < -0.3 is 9.80 Å². The lowest BCUT2D eigenvalue weighted by atomic mass is 10.00. The van der Waals surface area contributed by atoms with Gasteiger partial charge in [-0.05, 0) is 12.8 Å². The molecule has 7 nitrogen and oxygen atoms in total. The molecule has 0 aromatic carbocycles. The molecule has 2 amide bonds. The number of hydrogen-bond acceptors (Lipinski definition) is 5. The van der Waals surface area contributed by atoms with Crippen LogP contribution in [0.4, 0.5) is 0 Å². The standard InChI is InChI=1S/C16H27N3O4S/c1-17(2)15(20)9-18-7-8-19(16(21)12-5-3-4-6-12)14-11-24(22,23)10-13(14)18/h12-14H,3-11H2,1-2H3/t13-,14+/m0/s1.